The Morgan fingerprint density at radius 3 is 1.90 bits per heavy atom. The first-order valence-corrected chi connectivity index (χ1v) is 6.89. The summed E-state index contributed by atoms with van der Waals surface area (Å²) in [7, 11) is 0. The maximum atomic E-state index is 12.4. The molecule has 2 aromatic rings. The highest BCUT2D eigenvalue weighted by atomic mass is 16.1. The molecule has 2 heteroatoms. The third kappa shape index (κ3) is 3.47. The van der Waals surface area contributed by atoms with Gasteiger partial charge in [0.15, 0.2) is 0 Å². The van der Waals surface area contributed by atoms with Gasteiger partial charge in [0, 0.05) is 5.56 Å². The fraction of sp³-hybridized carbons (Fsp3) is 0.278. The van der Waals surface area contributed by atoms with Crippen LogP contribution in [-0.4, -0.2) is 5.91 Å². The van der Waals surface area contributed by atoms with Crippen molar-refractivity contribution in [3.8, 4) is 0 Å². The van der Waals surface area contributed by atoms with Gasteiger partial charge in [-0.15, -0.1) is 0 Å². The molecule has 1 amide bonds. The molecule has 0 radical (unpaired) electrons. The molecule has 104 valence electrons. The first-order valence-electron chi connectivity index (χ1n) is 6.89. The number of rotatable bonds is 3. The van der Waals surface area contributed by atoms with Crippen LogP contribution in [-0.2, 0) is 0 Å². The monoisotopic (exact) mass is 267 g/mol. The quantitative estimate of drug-likeness (QED) is 0.887. The van der Waals surface area contributed by atoms with E-state index in [0.717, 1.165) is 5.56 Å². The summed E-state index contributed by atoms with van der Waals surface area (Å²) in [5.74, 6) is -0.0330. The second-order valence-corrected chi connectivity index (χ2v) is 6.05. The Balaban J connectivity index is 2.24. The highest BCUT2D eigenvalue weighted by Crippen LogP contribution is 2.32. The van der Waals surface area contributed by atoms with E-state index in [1.807, 2.05) is 48.5 Å². The molecular weight excluding hydrogens is 246 g/mol. The Kier molecular flexibility index (Phi) is 4.23. The van der Waals surface area contributed by atoms with E-state index in [1.165, 1.54) is 0 Å². The number of carbonyl (C=O) groups is 1. The molecule has 0 aliphatic rings. The second kappa shape index (κ2) is 5.91. The third-order valence-electron chi connectivity index (χ3n) is 3.31. The molecule has 0 aliphatic carbocycles. The van der Waals surface area contributed by atoms with Gasteiger partial charge >= 0.3 is 0 Å². The van der Waals surface area contributed by atoms with Crippen LogP contribution in [0, 0.1) is 5.41 Å². The van der Waals surface area contributed by atoms with Crippen molar-refractivity contribution in [3.05, 3.63) is 71.8 Å². The summed E-state index contributed by atoms with van der Waals surface area (Å²) < 4.78 is 0. The summed E-state index contributed by atoms with van der Waals surface area (Å²) in [6, 6.07) is 19.4. The van der Waals surface area contributed by atoms with Crippen LogP contribution in [0.1, 0.15) is 42.7 Å². The Labute approximate surface area is 120 Å². The van der Waals surface area contributed by atoms with Crippen molar-refractivity contribution in [2.24, 2.45) is 5.41 Å². The average Bonchev–Trinajstić information content (AvgIpc) is 2.45. The fourth-order valence-corrected chi connectivity index (χ4v) is 2.25. The van der Waals surface area contributed by atoms with Crippen LogP contribution >= 0.6 is 0 Å². The minimum atomic E-state index is -0.0498. The summed E-state index contributed by atoms with van der Waals surface area (Å²) in [6.07, 6.45) is 0. The van der Waals surface area contributed by atoms with E-state index >= 15 is 0 Å². The molecule has 0 aromatic heterocycles. The van der Waals surface area contributed by atoms with Crippen LogP contribution in [0.4, 0.5) is 0 Å². The number of hydrogen-bond donors (Lipinski definition) is 1. The molecule has 0 spiro atoms. The number of hydrogen-bond acceptors (Lipinski definition) is 1. The smallest absolute Gasteiger partial charge is 0.251 e. The maximum Gasteiger partial charge on any atom is 0.251 e. The van der Waals surface area contributed by atoms with Gasteiger partial charge in [-0.2, -0.15) is 0 Å². The van der Waals surface area contributed by atoms with Crippen molar-refractivity contribution in [1.82, 2.24) is 5.32 Å². The van der Waals surface area contributed by atoms with Gasteiger partial charge in [0.05, 0.1) is 6.04 Å². The van der Waals surface area contributed by atoms with Gasteiger partial charge in [-0.25, -0.2) is 0 Å². The molecule has 20 heavy (non-hydrogen) atoms. The highest BCUT2D eigenvalue weighted by Gasteiger charge is 2.27. The normalized spacial score (nSPS) is 12.8. The molecular formula is C18H21NO. The minimum Gasteiger partial charge on any atom is -0.345 e. The first kappa shape index (κ1) is 14.3. The molecule has 0 unspecified atom stereocenters. The molecule has 0 saturated carbocycles. The molecule has 0 aliphatic heterocycles. The van der Waals surface area contributed by atoms with E-state index < -0.39 is 0 Å². The van der Waals surface area contributed by atoms with Crippen LogP contribution in [0.3, 0.4) is 0 Å². The van der Waals surface area contributed by atoms with Crippen molar-refractivity contribution >= 4 is 5.91 Å². The highest BCUT2D eigenvalue weighted by molar-refractivity contribution is 5.94. The summed E-state index contributed by atoms with van der Waals surface area (Å²) in [5, 5.41) is 3.15. The molecule has 2 nitrogen and oxygen atoms in total. The number of nitrogens with one attached hydrogen (secondary N) is 1. The minimum absolute atomic E-state index is 0.0172. The van der Waals surface area contributed by atoms with Crippen molar-refractivity contribution in [3.63, 3.8) is 0 Å². The summed E-state index contributed by atoms with van der Waals surface area (Å²) in [5.41, 5.74) is 1.77. The molecule has 0 heterocycles. The van der Waals surface area contributed by atoms with Crippen LogP contribution < -0.4 is 5.32 Å². The molecule has 0 bridgehead atoms. The van der Waals surface area contributed by atoms with Crippen molar-refractivity contribution < 1.29 is 4.79 Å². The fourth-order valence-electron chi connectivity index (χ4n) is 2.25. The number of amides is 1. The molecule has 2 rings (SSSR count). The van der Waals surface area contributed by atoms with E-state index in [2.05, 4.69) is 38.2 Å². The van der Waals surface area contributed by atoms with Crippen LogP contribution in [0.2, 0.25) is 0 Å². The third-order valence-corrected chi connectivity index (χ3v) is 3.31. The summed E-state index contributed by atoms with van der Waals surface area (Å²) >= 11 is 0. The molecule has 2 aromatic carbocycles. The summed E-state index contributed by atoms with van der Waals surface area (Å²) in [4.78, 5) is 12.4. The molecule has 0 fully saturated rings. The Hall–Kier alpha value is -2.09. The van der Waals surface area contributed by atoms with Gasteiger partial charge in [-0.05, 0) is 23.1 Å². The second-order valence-electron chi connectivity index (χ2n) is 6.05. The van der Waals surface area contributed by atoms with Gasteiger partial charge in [0.1, 0.15) is 0 Å². The molecule has 1 atom stereocenters. The molecule has 1 N–H and O–H groups in total. The topological polar surface area (TPSA) is 29.1 Å². The lowest BCUT2D eigenvalue weighted by Crippen LogP contribution is -2.36. The zero-order chi connectivity index (χ0) is 14.6. The predicted molar refractivity (Wildman–Crippen MR) is 82.5 cm³/mol. The zero-order valence-electron chi connectivity index (χ0n) is 12.3. The Morgan fingerprint density at radius 2 is 1.40 bits per heavy atom. The van der Waals surface area contributed by atoms with Crippen LogP contribution in [0.25, 0.3) is 0 Å². The van der Waals surface area contributed by atoms with Crippen LogP contribution in [0.15, 0.2) is 60.7 Å². The van der Waals surface area contributed by atoms with Crippen molar-refractivity contribution in [2.45, 2.75) is 26.8 Å². The lowest BCUT2D eigenvalue weighted by atomic mass is 9.82. The van der Waals surface area contributed by atoms with E-state index in [1.54, 1.807) is 0 Å². The lowest BCUT2D eigenvalue weighted by Gasteiger charge is -2.32. The largest absolute Gasteiger partial charge is 0.345 e. The number of carbonyl (C=O) groups excluding carboxylic acids is 1. The lowest BCUT2D eigenvalue weighted by molar-refractivity contribution is 0.0902. The molecule has 0 saturated heterocycles. The van der Waals surface area contributed by atoms with E-state index in [-0.39, 0.29) is 17.4 Å². The number of benzene rings is 2. The maximum absolute atomic E-state index is 12.4. The van der Waals surface area contributed by atoms with Crippen LogP contribution in [0.5, 0.6) is 0 Å². The van der Waals surface area contributed by atoms with Gasteiger partial charge in [0.25, 0.3) is 5.91 Å². The SMILES string of the molecule is CC(C)(C)[C@H](NC(=O)c1ccccc1)c1ccccc1. The van der Waals surface area contributed by atoms with E-state index in [0.29, 0.717) is 5.56 Å². The zero-order valence-corrected chi connectivity index (χ0v) is 12.3. The van der Waals surface area contributed by atoms with E-state index in [4.69, 9.17) is 0 Å². The van der Waals surface area contributed by atoms with Crippen molar-refractivity contribution in [2.75, 3.05) is 0 Å². The van der Waals surface area contributed by atoms with Gasteiger partial charge < -0.3 is 5.32 Å². The Morgan fingerprint density at radius 1 is 0.900 bits per heavy atom. The first-order chi connectivity index (χ1) is 9.48. The average molecular weight is 267 g/mol. The predicted octanol–water partition coefficient (Wildman–Crippen LogP) is 4.20. The van der Waals surface area contributed by atoms with Gasteiger partial charge in [-0.1, -0.05) is 69.3 Å². The standard InChI is InChI=1S/C18H21NO/c1-18(2,3)16(14-10-6-4-7-11-14)19-17(20)15-12-8-5-9-13-15/h4-13,16H,1-3H3,(H,19,20)/t16-/m1/s1. The summed E-state index contributed by atoms with van der Waals surface area (Å²) in [6.45, 7) is 6.40. The van der Waals surface area contributed by atoms with Crippen molar-refractivity contribution in [1.29, 1.82) is 0 Å². The van der Waals surface area contributed by atoms with E-state index in [9.17, 15) is 4.79 Å². The van der Waals surface area contributed by atoms with Gasteiger partial charge in [0.2, 0.25) is 0 Å². The Bertz CT molecular complexity index is 555. The van der Waals surface area contributed by atoms with Gasteiger partial charge in [-0.3, -0.25) is 4.79 Å².